The molecule has 1 aromatic carbocycles. The SMILES string of the molecule is CC(C)CNC(=O)c1nn(-c2ccc(F)cc2)c(C=C[C@H](O)C[C@@H](O)CC(=O)O)c1C(C)C.[NaH]. The molecule has 0 unspecified atom stereocenters. The van der Waals surface area contributed by atoms with Crippen molar-refractivity contribution >= 4 is 47.5 Å². The van der Waals surface area contributed by atoms with E-state index in [-0.39, 0.29) is 59.4 Å². The Balaban J connectivity index is 0.00000578. The molecule has 8 nitrogen and oxygen atoms in total. The zero-order valence-electron chi connectivity index (χ0n) is 19.3. The first-order valence-corrected chi connectivity index (χ1v) is 10.9. The van der Waals surface area contributed by atoms with Gasteiger partial charge >= 0.3 is 35.5 Å². The van der Waals surface area contributed by atoms with Crippen LogP contribution in [0, 0.1) is 11.7 Å². The second-order valence-corrected chi connectivity index (χ2v) is 8.71. The minimum atomic E-state index is -1.20. The molecule has 0 aliphatic rings. The van der Waals surface area contributed by atoms with Crippen LogP contribution < -0.4 is 5.32 Å². The summed E-state index contributed by atoms with van der Waals surface area (Å²) in [4.78, 5) is 23.6. The molecule has 10 heteroatoms. The molecule has 0 bridgehead atoms. The summed E-state index contributed by atoms with van der Waals surface area (Å²) in [5.74, 6) is -1.76. The number of amides is 1. The van der Waals surface area contributed by atoms with Crippen molar-refractivity contribution in [2.24, 2.45) is 5.92 Å². The third-order valence-corrected chi connectivity index (χ3v) is 4.89. The van der Waals surface area contributed by atoms with Crippen molar-refractivity contribution in [3.05, 3.63) is 53.1 Å². The van der Waals surface area contributed by atoms with E-state index in [1.54, 1.807) is 6.08 Å². The molecular formula is C24H33FN3NaO5. The van der Waals surface area contributed by atoms with Gasteiger partial charge in [-0.25, -0.2) is 9.07 Å². The van der Waals surface area contributed by atoms with E-state index in [0.29, 0.717) is 23.5 Å². The number of aliphatic hydroxyl groups excluding tert-OH is 2. The van der Waals surface area contributed by atoms with Crippen LogP contribution in [0.4, 0.5) is 4.39 Å². The van der Waals surface area contributed by atoms with Gasteiger partial charge in [0.25, 0.3) is 5.91 Å². The Morgan fingerprint density at radius 3 is 2.29 bits per heavy atom. The van der Waals surface area contributed by atoms with Gasteiger partial charge in [0, 0.05) is 18.5 Å². The molecule has 1 amide bonds. The van der Waals surface area contributed by atoms with Crippen LogP contribution in [0.25, 0.3) is 11.8 Å². The van der Waals surface area contributed by atoms with E-state index in [1.807, 2.05) is 27.7 Å². The first kappa shape index (κ1) is 30.0. The second-order valence-electron chi connectivity index (χ2n) is 8.71. The summed E-state index contributed by atoms with van der Waals surface area (Å²) in [6, 6.07) is 5.64. The Kier molecular flexibility index (Phi) is 12.1. The van der Waals surface area contributed by atoms with Crippen LogP contribution in [0.15, 0.2) is 30.3 Å². The number of aliphatic hydroxyl groups is 2. The second kappa shape index (κ2) is 13.7. The van der Waals surface area contributed by atoms with Crippen LogP contribution in [0.1, 0.15) is 68.2 Å². The molecule has 1 aromatic heterocycles. The van der Waals surface area contributed by atoms with Crippen LogP contribution in [0.3, 0.4) is 0 Å². The fraction of sp³-hybridized carbons (Fsp3) is 0.458. The molecule has 2 aromatic rings. The number of carboxylic acid groups (broad SMARTS) is 1. The Morgan fingerprint density at radius 2 is 1.76 bits per heavy atom. The van der Waals surface area contributed by atoms with Gasteiger partial charge in [0.15, 0.2) is 5.69 Å². The summed E-state index contributed by atoms with van der Waals surface area (Å²) < 4.78 is 15.0. The van der Waals surface area contributed by atoms with Crippen LogP contribution >= 0.6 is 0 Å². The third-order valence-electron chi connectivity index (χ3n) is 4.89. The Morgan fingerprint density at radius 1 is 1.15 bits per heavy atom. The fourth-order valence-electron chi connectivity index (χ4n) is 3.34. The van der Waals surface area contributed by atoms with Crippen molar-refractivity contribution in [2.45, 2.75) is 58.7 Å². The standard InChI is InChI=1S/C24H32FN3O5.Na.H/c1-14(2)13-26-24(33)23-22(15(3)4)20(10-9-18(29)11-19(30)12-21(31)32)28(27-23)17-7-5-16(25)6-8-17;;/h5-10,14-15,18-19,29-30H,11-13H2,1-4H3,(H,26,33)(H,31,32);;/t18-,19+;;/m0../s1. The summed E-state index contributed by atoms with van der Waals surface area (Å²) in [6.07, 6.45) is 0.0507. The van der Waals surface area contributed by atoms with Gasteiger partial charge in [-0.05, 0) is 42.2 Å². The molecule has 34 heavy (non-hydrogen) atoms. The van der Waals surface area contributed by atoms with Crippen LogP contribution in [-0.4, -0.2) is 85.3 Å². The number of nitrogens with zero attached hydrogens (tertiary/aromatic N) is 2. The zero-order valence-corrected chi connectivity index (χ0v) is 19.3. The molecule has 182 valence electrons. The number of carboxylic acids is 1. The average molecular weight is 486 g/mol. The van der Waals surface area contributed by atoms with E-state index in [2.05, 4.69) is 10.4 Å². The predicted molar refractivity (Wildman–Crippen MR) is 130 cm³/mol. The molecule has 2 atom stereocenters. The van der Waals surface area contributed by atoms with Gasteiger partial charge < -0.3 is 20.6 Å². The molecule has 0 aliphatic carbocycles. The molecule has 2 rings (SSSR count). The van der Waals surface area contributed by atoms with Gasteiger partial charge in [0.05, 0.1) is 30.0 Å². The first-order chi connectivity index (χ1) is 15.5. The quantitative estimate of drug-likeness (QED) is 0.363. The molecular weight excluding hydrogens is 452 g/mol. The van der Waals surface area contributed by atoms with E-state index >= 15 is 0 Å². The molecule has 4 N–H and O–H groups in total. The summed E-state index contributed by atoms with van der Waals surface area (Å²) in [7, 11) is 0. The van der Waals surface area contributed by atoms with Gasteiger partial charge in [0.1, 0.15) is 5.82 Å². The fourth-order valence-corrected chi connectivity index (χ4v) is 3.34. The van der Waals surface area contributed by atoms with E-state index in [9.17, 15) is 24.2 Å². The Labute approximate surface area is 221 Å². The molecule has 0 aliphatic heterocycles. The van der Waals surface area contributed by atoms with Crippen LogP contribution in [0.5, 0.6) is 0 Å². The van der Waals surface area contributed by atoms with Crippen molar-refractivity contribution in [2.75, 3.05) is 6.54 Å². The van der Waals surface area contributed by atoms with Crippen LogP contribution in [-0.2, 0) is 4.79 Å². The zero-order chi connectivity index (χ0) is 24.7. The predicted octanol–water partition coefficient (Wildman–Crippen LogP) is 2.47. The monoisotopic (exact) mass is 485 g/mol. The number of benzene rings is 1. The maximum absolute atomic E-state index is 13.5. The van der Waals surface area contributed by atoms with Crippen molar-refractivity contribution in [3.63, 3.8) is 0 Å². The number of hydrogen-bond acceptors (Lipinski definition) is 5. The van der Waals surface area contributed by atoms with Crippen molar-refractivity contribution in [1.29, 1.82) is 0 Å². The molecule has 0 spiro atoms. The molecule has 0 fully saturated rings. The number of aromatic nitrogens is 2. The summed E-state index contributed by atoms with van der Waals surface area (Å²) >= 11 is 0. The average Bonchev–Trinajstić information content (AvgIpc) is 3.10. The molecule has 0 radical (unpaired) electrons. The van der Waals surface area contributed by atoms with Crippen molar-refractivity contribution in [3.8, 4) is 5.69 Å². The summed E-state index contributed by atoms with van der Waals surface area (Å²) in [5, 5.41) is 36.2. The normalized spacial score (nSPS) is 13.2. The van der Waals surface area contributed by atoms with Crippen LogP contribution in [0.2, 0.25) is 0 Å². The molecule has 0 saturated carbocycles. The topological polar surface area (TPSA) is 125 Å². The van der Waals surface area contributed by atoms with Gasteiger partial charge in [-0.15, -0.1) is 0 Å². The first-order valence-electron chi connectivity index (χ1n) is 10.9. The van der Waals surface area contributed by atoms with Gasteiger partial charge in [0.2, 0.25) is 0 Å². The minimum absolute atomic E-state index is 0. The number of aliphatic carboxylic acids is 1. The Bertz CT molecular complexity index is 989. The van der Waals surface area contributed by atoms with E-state index in [0.717, 1.165) is 0 Å². The maximum atomic E-state index is 13.5. The number of carbonyl (C=O) groups is 2. The van der Waals surface area contributed by atoms with Gasteiger partial charge in [-0.1, -0.05) is 33.8 Å². The van der Waals surface area contributed by atoms with Crippen molar-refractivity contribution < 1.29 is 29.3 Å². The van der Waals surface area contributed by atoms with E-state index < -0.39 is 30.4 Å². The summed E-state index contributed by atoms with van der Waals surface area (Å²) in [6.45, 7) is 8.26. The number of rotatable bonds is 11. The Hall–Kier alpha value is -2.04. The molecule has 1 heterocycles. The number of nitrogens with one attached hydrogen (secondary N) is 1. The van der Waals surface area contributed by atoms with Gasteiger partial charge in [-0.3, -0.25) is 9.59 Å². The number of carbonyl (C=O) groups excluding carboxylic acids is 1. The van der Waals surface area contributed by atoms with Gasteiger partial charge in [-0.2, -0.15) is 5.10 Å². The van der Waals surface area contributed by atoms with E-state index in [4.69, 9.17) is 5.11 Å². The summed E-state index contributed by atoms with van der Waals surface area (Å²) in [5.41, 5.74) is 1.93. The van der Waals surface area contributed by atoms with Crippen molar-refractivity contribution in [1.82, 2.24) is 15.1 Å². The molecule has 0 saturated heterocycles. The number of halogens is 1. The van der Waals surface area contributed by atoms with E-state index in [1.165, 1.54) is 35.0 Å². The number of hydrogen-bond donors (Lipinski definition) is 4. The third kappa shape index (κ3) is 8.63.